The van der Waals surface area contributed by atoms with Crippen LogP contribution in [0.3, 0.4) is 0 Å². The number of rotatable bonds is 4. The molecule has 1 heterocycles. The van der Waals surface area contributed by atoms with Crippen molar-refractivity contribution in [3.05, 3.63) is 33.5 Å². The van der Waals surface area contributed by atoms with Crippen LogP contribution in [0, 0.1) is 0 Å². The minimum Gasteiger partial charge on any atom is -0.145 e. The molecule has 1 heteroatoms. The summed E-state index contributed by atoms with van der Waals surface area (Å²) in [5.74, 6) is 0.693. The van der Waals surface area contributed by atoms with E-state index in [4.69, 9.17) is 0 Å². The highest BCUT2D eigenvalue weighted by atomic mass is 32.1. The van der Waals surface area contributed by atoms with Gasteiger partial charge in [0.2, 0.25) is 0 Å². The average molecular weight is 264 g/mol. The molecule has 1 aromatic rings. The van der Waals surface area contributed by atoms with Gasteiger partial charge in [0.25, 0.3) is 0 Å². The van der Waals surface area contributed by atoms with E-state index in [0.717, 1.165) is 6.42 Å². The van der Waals surface area contributed by atoms with E-state index in [9.17, 15) is 0 Å². The highest BCUT2D eigenvalue weighted by molar-refractivity contribution is 7.12. The minimum atomic E-state index is 0.693. The Morgan fingerprint density at radius 2 is 1.89 bits per heavy atom. The normalized spacial score (nSPS) is 13.8. The third-order valence-electron chi connectivity index (χ3n) is 3.44. The van der Waals surface area contributed by atoms with Crippen LogP contribution in [0.2, 0.25) is 0 Å². The summed E-state index contributed by atoms with van der Waals surface area (Å²) in [4.78, 5) is 3.33. The van der Waals surface area contributed by atoms with Crippen LogP contribution in [-0.2, 0) is 19.3 Å². The fourth-order valence-electron chi connectivity index (χ4n) is 2.74. The zero-order chi connectivity index (χ0) is 13.5. The smallest absolute Gasteiger partial charge is 0.00887 e. The molecule has 2 rings (SSSR count). The molecule has 0 atom stereocenters. The molecule has 18 heavy (non-hydrogen) atoms. The van der Waals surface area contributed by atoms with E-state index < -0.39 is 0 Å². The van der Waals surface area contributed by atoms with Crippen molar-refractivity contribution in [1.82, 2.24) is 0 Å². The van der Waals surface area contributed by atoms with Crippen LogP contribution in [0.1, 0.15) is 73.8 Å². The molecule has 0 fully saturated rings. The summed E-state index contributed by atoms with van der Waals surface area (Å²) in [5, 5.41) is 0. The molecule has 0 spiro atoms. The summed E-state index contributed by atoms with van der Waals surface area (Å²) in [6.07, 6.45) is 9.81. The summed E-state index contributed by atoms with van der Waals surface area (Å²) in [7, 11) is 0. The van der Waals surface area contributed by atoms with Gasteiger partial charge in [-0.2, -0.15) is 0 Å². The number of allylic oxidation sites excluding steroid dienone is 1. The van der Waals surface area contributed by atoms with Crippen LogP contribution in [0.4, 0.5) is 0 Å². The Balaban J connectivity index is 0.000000771. The van der Waals surface area contributed by atoms with Crippen molar-refractivity contribution < 1.29 is 0 Å². The maximum Gasteiger partial charge on any atom is 0.00887 e. The van der Waals surface area contributed by atoms with Gasteiger partial charge in [0.15, 0.2) is 0 Å². The van der Waals surface area contributed by atoms with Crippen LogP contribution in [0.5, 0.6) is 0 Å². The Morgan fingerprint density at radius 1 is 1.22 bits per heavy atom. The molecule has 0 nitrogen and oxygen atoms in total. The molecule has 0 saturated carbocycles. The maximum absolute atomic E-state index is 3.84. The first kappa shape index (κ1) is 15.5. The molecule has 0 aliphatic heterocycles. The van der Waals surface area contributed by atoms with Crippen LogP contribution in [0.25, 0.3) is 0 Å². The molecule has 0 radical (unpaired) electrons. The van der Waals surface area contributed by atoms with Crippen LogP contribution < -0.4 is 0 Å². The molecule has 102 valence electrons. The summed E-state index contributed by atoms with van der Waals surface area (Å²) < 4.78 is 0. The van der Waals surface area contributed by atoms with Gasteiger partial charge >= 0.3 is 0 Å². The molecular weight excluding hydrogens is 236 g/mol. The highest BCUT2D eigenvalue weighted by Crippen LogP contribution is 2.38. The van der Waals surface area contributed by atoms with E-state index in [1.165, 1.54) is 32.1 Å². The van der Waals surface area contributed by atoms with Crippen molar-refractivity contribution in [2.45, 2.75) is 72.1 Å². The Labute approximate surface area is 117 Å². The zero-order valence-electron chi connectivity index (χ0n) is 12.5. The van der Waals surface area contributed by atoms with E-state index in [1.807, 2.05) is 19.9 Å². The molecule has 1 aromatic heterocycles. The van der Waals surface area contributed by atoms with Gasteiger partial charge in [0.1, 0.15) is 0 Å². The van der Waals surface area contributed by atoms with Crippen molar-refractivity contribution in [1.29, 1.82) is 0 Å². The molecular formula is C17H28S. The van der Waals surface area contributed by atoms with E-state index in [0.29, 0.717) is 5.92 Å². The molecule has 0 aromatic carbocycles. The third kappa shape index (κ3) is 3.47. The molecule has 0 N–H and O–H groups in total. The Bertz CT molecular complexity index is 371. The minimum absolute atomic E-state index is 0.693. The van der Waals surface area contributed by atoms with Gasteiger partial charge in [-0.15, -0.1) is 17.9 Å². The summed E-state index contributed by atoms with van der Waals surface area (Å²) in [6, 6.07) is 0. The topological polar surface area (TPSA) is 0 Å². The van der Waals surface area contributed by atoms with E-state index in [-0.39, 0.29) is 0 Å². The number of hydrogen-bond acceptors (Lipinski definition) is 1. The second kappa shape index (κ2) is 7.78. The number of fused-ring (bicyclic) bond motifs is 1. The standard InChI is InChI=1S/C15H22S.C2H6/c1-4-5-9-14-15(11(2)3)12-8-6-7-10-13(12)16-14;1-2/h4,11H,1,5-10H2,2-3H3;1-2H3. The van der Waals surface area contributed by atoms with Gasteiger partial charge in [-0.1, -0.05) is 33.8 Å². The predicted octanol–water partition coefficient (Wildman–Crippen LogP) is 5.90. The molecule has 1 aliphatic rings. The second-order valence-corrected chi connectivity index (χ2v) is 6.22. The number of aryl methyl sites for hydroxylation is 2. The largest absolute Gasteiger partial charge is 0.145 e. The summed E-state index contributed by atoms with van der Waals surface area (Å²) >= 11 is 2.08. The second-order valence-electron chi connectivity index (χ2n) is 5.03. The highest BCUT2D eigenvalue weighted by Gasteiger charge is 2.21. The molecule has 0 amide bonds. The van der Waals surface area contributed by atoms with Gasteiger partial charge in [-0.25, -0.2) is 0 Å². The van der Waals surface area contributed by atoms with Gasteiger partial charge in [0.05, 0.1) is 0 Å². The fourth-order valence-corrected chi connectivity index (χ4v) is 4.30. The molecule has 0 bridgehead atoms. The quantitative estimate of drug-likeness (QED) is 0.594. The fraction of sp³-hybridized carbons (Fsp3) is 0.647. The van der Waals surface area contributed by atoms with Crippen molar-refractivity contribution >= 4 is 11.3 Å². The van der Waals surface area contributed by atoms with Crippen molar-refractivity contribution in [2.24, 2.45) is 0 Å². The SMILES string of the molecule is C=CCCc1sc2c(c1C(C)C)CCCC2.CC. The molecule has 1 aliphatic carbocycles. The number of hydrogen-bond donors (Lipinski definition) is 0. The Morgan fingerprint density at radius 3 is 2.50 bits per heavy atom. The summed E-state index contributed by atoms with van der Waals surface area (Å²) in [5.41, 5.74) is 3.40. The zero-order valence-corrected chi connectivity index (χ0v) is 13.3. The van der Waals surface area contributed by atoms with E-state index in [2.05, 4.69) is 31.8 Å². The predicted molar refractivity (Wildman–Crippen MR) is 84.9 cm³/mol. The maximum atomic E-state index is 3.84. The lowest BCUT2D eigenvalue weighted by Gasteiger charge is -2.15. The Kier molecular flexibility index (Phi) is 6.70. The monoisotopic (exact) mass is 264 g/mol. The Hall–Kier alpha value is -0.560. The van der Waals surface area contributed by atoms with Crippen molar-refractivity contribution in [3.63, 3.8) is 0 Å². The van der Waals surface area contributed by atoms with Gasteiger partial charge < -0.3 is 0 Å². The first-order valence-corrected chi connectivity index (χ1v) is 8.30. The first-order chi connectivity index (χ1) is 8.74. The third-order valence-corrected chi connectivity index (χ3v) is 4.81. The lowest BCUT2D eigenvalue weighted by atomic mass is 9.89. The van der Waals surface area contributed by atoms with Crippen LogP contribution in [-0.4, -0.2) is 0 Å². The lowest BCUT2D eigenvalue weighted by molar-refractivity contribution is 0.682. The lowest BCUT2D eigenvalue weighted by Crippen LogP contribution is -2.03. The first-order valence-electron chi connectivity index (χ1n) is 7.48. The van der Waals surface area contributed by atoms with Gasteiger partial charge in [-0.05, 0) is 55.6 Å². The van der Waals surface area contributed by atoms with Gasteiger partial charge in [0, 0.05) is 9.75 Å². The van der Waals surface area contributed by atoms with Crippen molar-refractivity contribution in [2.75, 3.05) is 0 Å². The van der Waals surface area contributed by atoms with E-state index in [1.54, 1.807) is 20.9 Å². The molecule has 0 unspecified atom stereocenters. The van der Waals surface area contributed by atoms with Crippen LogP contribution in [0.15, 0.2) is 12.7 Å². The van der Waals surface area contributed by atoms with Crippen molar-refractivity contribution in [3.8, 4) is 0 Å². The average Bonchev–Trinajstić information content (AvgIpc) is 2.77. The summed E-state index contributed by atoms with van der Waals surface area (Å²) in [6.45, 7) is 12.5. The van der Waals surface area contributed by atoms with Gasteiger partial charge in [-0.3, -0.25) is 0 Å². The van der Waals surface area contributed by atoms with E-state index >= 15 is 0 Å². The molecule has 0 saturated heterocycles. The number of thiophene rings is 1. The van der Waals surface area contributed by atoms with Crippen LogP contribution >= 0.6 is 11.3 Å².